The average Bonchev–Trinajstić information content (AvgIpc) is 2.34. The van der Waals surface area contributed by atoms with E-state index in [4.69, 9.17) is 0 Å². The molecular formula is C13H22N4O2. The van der Waals surface area contributed by atoms with E-state index in [0.29, 0.717) is 18.2 Å². The summed E-state index contributed by atoms with van der Waals surface area (Å²) in [5, 5.41) is 7.20. The second-order valence-electron chi connectivity index (χ2n) is 5.12. The maximum Gasteiger partial charge on any atom is 0.268 e. The molecule has 0 bridgehead atoms. The Labute approximate surface area is 113 Å². The molecule has 1 N–H and O–H groups in total. The number of rotatable bonds is 6. The van der Waals surface area contributed by atoms with Crippen LogP contribution in [0.2, 0.25) is 0 Å². The van der Waals surface area contributed by atoms with Crippen LogP contribution in [0.5, 0.6) is 0 Å². The monoisotopic (exact) mass is 266 g/mol. The molecule has 106 valence electrons. The van der Waals surface area contributed by atoms with Crippen molar-refractivity contribution < 1.29 is 4.79 Å². The van der Waals surface area contributed by atoms with Crippen LogP contribution >= 0.6 is 0 Å². The third-order valence-corrected chi connectivity index (χ3v) is 2.62. The molecule has 1 aromatic rings. The normalized spacial score (nSPS) is 10.6. The summed E-state index contributed by atoms with van der Waals surface area (Å²) in [6.07, 6.45) is 1.89. The second kappa shape index (κ2) is 6.92. The number of carbonyl (C=O) groups excluding carboxylic acids is 1. The number of hydrogen-bond donors (Lipinski definition) is 1. The molecule has 0 aliphatic heterocycles. The molecule has 0 unspecified atom stereocenters. The molecule has 0 saturated heterocycles. The first-order valence-corrected chi connectivity index (χ1v) is 6.41. The van der Waals surface area contributed by atoms with Crippen LogP contribution in [0.4, 0.5) is 5.69 Å². The Bertz CT molecular complexity index is 480. The van der Waals surface area contributed by atoms with Gasteiger partial charge >= 0.3 is 0 Å². The third-order valence-electron chi connectivity index (χ3n) is 2.62. The van der Waals surface area contributed by atoms with Gasteiger partial charge in [0, 0.05) is 33.1 Å². The molecule has 1 heterocycles. The summed E-state index contributed by atoms with van der Waals surface area (Å²) >= 11 is 0. The molecule has 0 aliphatic rings. The molecule has 19 heavy (non-hydrogen) atoms. The number of carbonyl (C=O) groups is 1. The van der Waals surface area contributed by atoms with Crippen LogP contribution in [0.25, 0.3) is 0 Å². The van der Waals surface area contributed by atoms with Crippen LogP contribution in [0.3, 0.4) is 0 Å². The van der Waals surface area contributed by atoms with Crippen molar-refractivity contribution in [2.75, 3.05) is 26.0 Å². The van der Waals surface area contributed by atoms with Gasteiger partial charge in [-0.15, -0.1) is 0 Å². The van der Waals surface area contributed by atoms with E-state index in [0.717, 1.165) is 6.54 Å². The van der Waals surface area contributed by atoms with E-state index in [1.807, 2.05) is 0 Å². The number of aromatic nitrogens is 2. The van der Waals surface area contributed by atoms with E-state index in [2.05, 4.69) is 24.3 Å². The molecule has 0 spiro atoms. The fourth-order valence-corrected chi connectivity index (χ4v) is 1.45. The summed E-state index contributed by atoms with van der Waals surface area (Å²) in [4.78, 5) is 24.7. The Morgan fingerprint density at radius 1 is 1.47 bits per heavy atom. The van der Waals surface area contributed by atoms with Gasteiger partial charge in [0.1, 0.15) is 0 Å². The summed E-state index contributed by atoms with van der Waals surface area (Å²) in [5.74, 6) is 0.482. The number of nitrogens with one attached hydrogen (secondary N) is 1. The van der Waals surface area contributed by atoms with Crippen molar-refractivity contribution in [2.45, 2.75) is 26.8 Å². The lowest BCUT2D eigenvalue weighted by molar-refractivity contribution is -0.128. The second-order valence-corrected chi connectivity index (χ2v) is 5.12. The highest BCUT2D eigenvalue weighted by atomic mass is 16.2. The molecule has 0 fully saturated rings. The van der Waals surface area contributed by atoms with Gasteiger partial charge in [0.2, 0.25) is 5.91 Å². The van der Waals surface area contributed by atoms with Gasteiger partial charge in [0.05, 0.1) is 18.4 Å². The third kappa shape index (κ3) is 5.11. The van der Waals surface area contributed by atoms with Crippen molar-refractivity contribution in [3.8, 4) is 0 Å². The first-order valence-electron chi connectivity index (χ1n) is 6.41. The van der Waals surface area contributed by atoms with Crippen LogP contribution in [0.1, 0.15) is 20.3 Å². The van der Waals surface area contributed by atoms with Crippen LogP contribution in [0.15, 0.2) is 17.1 Å². The van der Waals surface area contributed by atoms with Crippen LogP contribution in [-0.4, -0.2) is 41.2 Å². The molecule has 0 radical (unpaired) electrons. The number of amides is 1. The maximum absolute atomic E-state index is 11.8. The van der Waals surface area contributed by atoms with Crippen LogP contribution < -0.4 is 10.9 Å². The largest absolute Gasteiger partial charge is 0.383 e. The van der Waals surface area contributed by atoms with E-state index in [1.54, 1.807) is 20.3 Å². The van der Waals surface area contributed by atoms with Gasteiger partial charge < -0.3 is 10.2 Å². The Morgan fingerprint density at radius 2 is 2.16 bits per heavy atom. The summed E-state index contributed by atoms with van der Waals surface area (Å²) < 4.78 is 1.31. The summed E-state index contributed by atoms with van der Waals surface area (Å²) in [6.45, 7) is 5.29. The fourth-order valence-electron chi connectivity index (χ4n) is 1.45. The lowest BCUT2D eigenvalue weighted by Crippen LogP contribution is -2.28. The van der Waals surface area contributed by atoms with E-state index < -0.39 is 0 Å². The molecule has 0 aromatic carbocycles. The molecule has 1 rings (SSSR count). The Hall–Kier alpha value is -1.85. The molecule has 6 nitrogen and oxygen atoms in total. The van der Waals surface area contributed by atoms with Gasteiger partial charge in [0.15, 0.2) is 0 Å². The highest BCUT2D eigenvalue weighted by Gasteiger charge is 2.06. The molecule has 1 amide bonds. The minimum atomic E-state index is -0.194. The van der Waals surface area contributed by atoms with Gasteiger partial charge in [-0.2, -0.15) is 5.10 Å². The average molecular weight is 266 g/mol. The summed E-state index contributed by atoms with van der Waals surface area (Å²) in [5.41, 5.74) is 0.522. The topological polar surface area (TPSA) is 67.2 Å². The van der Waals surface area contributed by atoms with Gasteiger partial charge in [-0.25, -0.2) is 4.68 Å². The summed E-state index contributed by atoms with van der Waals surface area (Å²) in [7, 11) is 3.38. The highest BCUT2D eigenvalue weighted by molar-refractivity contribution is 5.75. The molecular weight excluding hydrogens is 244 g/mol. The van der Waals surface area contributed by atoms with Crippen molar-refractivity contribution in [3.05, 3.63) is 22.6 Å². The molecule has 0 atom stereocenters. The molecule has 0 saturated carbocycles. The van der Waals surface area contributed by atoms with Gasteiger partial charge in [-0.05, 0) is 5.92 Å². The number of aryl methyl sites for hydroxylation is 1. The quantitative estimate of drug-likeness (QED) is 0.826. The van der Waals surface area contributed by atoms with Crippen molar-refractivity contribution in [2.24, 2.45) is 5.92 Å². The Kier molecular flexibility index (Phi) is 5.54. The number of anilines is 1. The predicted octanol–water partition coefficient (Wildman–Crippen LogP) is 0.790. The van der Waals surface area contributed by atoms with Gasteiger partial charge in [0.25, 0.3) is 5.56 Å². The minimum absolute atomic E-state index is 0.0179. The molecule has 0 aliphatic carbocycles. The smallest absolute Gasteiger partial charge is 0.268 e. The van der Waals surface area contributed by atoms with Crippen molar-refractivity contribution in [1.82, 2.24) is 14.7 Å². The van der Waals surface area contributed by atoms with E-state index in [1.165, 1.54) is 15.6 Å². The van der Waals surface area contributed by atoms with Crippen molar-refractivity contribution >= 4 is 11.6 Å². The Morgan fingerprint density at radius 3 is 2.68 bits per heavy atom. The van der Waals surface area contributed by atoms with Gasteiger partial charge in [-0.3, -0.25) is 9.59 Å². The zero-order valence-electron chi connectivity index (χ0n) is 12.0. The minimum Gasteiger partial charge on any atom is -0.383 e. The van der Waals surface area contributed by atoms with E-state index in [9.17, 15) is 9.59 Å². The first kappa shape index (κ1) is 15.2. The van der Waals surface area contributed by atoms with E-state index >= 15 is 0 Å². The summed E-state index contributed by atoms with van der Waals surface area (Å²) in [6, 6.07) is 1.51. The van der Waals surface area contributed by atoms with Crippen molar-refractivity contribution in [1.29, 1.82) is 0 Å². The van der Waals surface area contributed by atoms with Gasteiger partial charge in [-0.1, -0.05) is 13.8 Å². The molecule has 1 aromatic heterocycles. The zero-order chi connectivity index (χ0) is 14.4. The standard InChI is InChI=1S/C13H22N4O2/c1-10(2)8-14-11-7-13(19)17(15-9-11)6-5-12(18)16(3)4/h7,9-10,14H,5-6,8H2,1-4H3. The van der Waals surface area contributed by atoms with Crippen LogP contribution in [-0.2, 0) is 11.3 Å². The number of hydrogen-bond acceptors (Lipinski definition) is 4. The predicted molar refractivity (Wildman–Crippen MR) is 75.1 cm³/mol. The number of nitrogens with zero attached hydrogens (tertiary/aromatic N) is 3. The lowest BCUT2D eigenvalue weighted by Gasteiger charge is -2.11. The SMILES string of the molecule is CC(C)CNc1cnn(CCC(=O)N(C)C)c(=O)c1. The maximum atomic E-state index is 11.8. The van der Waals surface area contributed by atoms with Crippen molar-refractivity contribution in [3.63, 3.8) is 0 Å². The van der Waals surface area contributed by atoms with E-state index in [-0.39, 0.29) is 17.9 Å². The fraction of sp³-hybridized carbons (Fsp3) is 0.615. The zero-order valence-corrected chi connectivity index (χ0v) is 12.0. The van der Waals surface area contributed by atoms with Crippen LogP contribution in [0, 0.1) is 5.92 Å². The Balaban J connectivity index is 2.62. The first-order chi connectivity index (χ1) is 8.90. The molecule has 6 heteroatoms. The highest BCUT2D eigenvalue weighted by Crippen LogP contribution is 2.02. The lowest BCUT2D eigenvalue weighted by atomic mass is 10.2.